The molecule has 1 aliphatic carbocycles. The summed E-state index contributed by atoms with van der Waals surface area (Å²) in [6, 6.07) is 16.3. The monoisotopic (exact) mass is 437 g/mol. The minimum atomic E-state index is -1.27. The zero-order chi connectivity index (χ0) is 23.3. The number of hydrogen-bond donors (Lipinski definition) is 4. The van der Waals surface area contributed by atoms with Crippen LogP contribution in [0, 0.1) is 5.92 Å². The van der Waals surface area contributed by atoms with Crippen LogP contribution in [0.3, 0.4) is 0 Å². The summed E-state index contributed by atoms with van der Waals surface area (Å²) in [4.78, 5) is 36.1. The van der Waals surface area contributed by atoms with E-state index in [1.54, 1.807) is 0 Å². The normalized spacial score (nSPS) is 19.6. The maximum atomic E-state index is 12.4. The highest BCUT2D eigenvalue weighted by molar-refractivity contribution is 5.95. The van der Waals surface area contributed by atoms with Gasteiger partial charge in [0.05, 0.1) is 0 Å². The van der Waals surface area contributed by atoms with E-state index in [-0.39, 0.29) is 17.7 Å². The molecule has 1 aliphatic rings. The Morgan fingerprint density at radius 2 is 1.56 bits per heavy atom. The van der Waals surface area contributed by atoms with Crippen molar-refractivity contribution < 1.29 is 19.5 Å². The summed E-state index contributed by atoms with van der Waals surface area (Å²) in [5.74, 6) is -1.33. The Kier molecular flexibility index (Phi) is 7.30. The highest BCUT2D eigenvalue weighted by Crippen LogP contribution is 2.36. The SMILES string of the molecule is CC(C)(NC(=O)[C@H]1CC[C@H](c2ccc(NC(=O)C(N)c3ccccc3)cc2)CC1)C(=O)O. The number of aliphatic carboxylic acids is 1. The highest BCUT2D eigenvalue weighted by atomic mass is 16.4. The first-order valence-electron chi connectivity index (χ1n) is 10.9. The number of hydrogen-bond acceptors (Lipinski definition) is 4. The Hall–Kier alpha value is -3.19. The molecular formula is C25H31N3O4. The molecule has 2 aromatic rings. The van der Waals surface area contributed by atoms with Crippen molar-refractivity contribution in [1.82, 2.24) is 5.32 Å². The smallest absolute Gasteiger partial charge is 0.328 e. The minimum Gasteiger partial charge on any atom is -0.480 e. The van der Waals surface area contributed by atoms with Gasteiger partial charge in [-0.2, -0.15) is 0 Å². The number of amides is 2. The molecule has 0 spiro atoms. The molecule has 170 valence electrons. The van der Waals surface area contributed by atoms with Crippen LogP contribution in [0.25, 0.3) is 0 Å². The van der Waals surface area contributed by atoms with E-state index in [0.29, 0.717) is 11.6 Å². The number of rotatable bonds is 7. The summed E-state index contributed by atoms with van der Waals surface area (Å²) in [6.07, 6.45) is 3.15. The fraction of sp³-hybridized carbons (Fsp3) is 0.400. The molecule has 0 aromatic heterocycles. The molecule has 1 fully saturated rings. The van der Waals surface area contributed by atoms with Gasteiger partial charge in [0.2, 0.25) is 11.8 Å². The number of carboxylic acids is 1. The summed E-state index contributed by atoms with van der Waals surface area (Å²) < 4.78 is 0. The van der Waals surface area contributed by atoms with Crippen LogP contribution < -0.4 is 16.4 Å². The molecule has 2 aromatic carbocycles. The maximum Gasteiger partial charge on any atom is 0.328 e. The lowest BCUT2D eigenvalue weighted by Gasteiger charge is -2.30. The van der Waals surface area contributed by atoms with E-state index in [9.17, 15) is 19.5 Å². The molecule has 0 radical (unpaired) electrons. The molecule has 1 atom stereocenters. The first-order chi connectivity index (χ1) is 15.2. The van der Waals surface area contributed by atoms with Crippen molar-refractivity contribution in [3.8, 4) is 0 Å². The number of benzene rings is 2. The lowest BCUT2D eigenvalue weighted by molar-refractivity contribution is -0.146. The van der Waals surface area contributed by atoms with Crippen LogP contribution in [0.15, 0.2) is 54.6 Å². The lowest BCUT2D eigenvalue weighted by atomic mass is 9.78. The number of anilines is 1. The molecular weight excluding hydrogens is 406 g/mol. The average molecular weight is 438 g/mol. The Morgan fingerprint density at radius 1 is 0.969 bits per heavy atom. The number of carboxylic acid groups (broad SMARTS) is 1. The molecule has 0 saturated heterocycles. The van der Waals surface area contributed by atoms with Crippen LogP contribution in [0.1, 0.15) is 62.6 Å². The predicted octanol–water partition coefficient (Wildman–Crippen LogP) is 3.58. The second-order valence-corrected chi connectivity index (χ2v) is 8.97. The second kappa shape index (κ2) is 9.96. The average Bonchev–Trinajstić information content (AvgIpc) is 2.79. The molecule has 7 nitrogen and oxygen atoms in total. The highest BCUT2D eigenvalue weighted by Gasteiger charge is 2.33. The predicted molar refractivity (Wildman–Crippen MR) is 123 cm³/mol. The van der Waals surface area contributed by atoms with Crippen LogP contribution in [0.4, 0.5) is 5.69 Å². The van der Waals surface area contributed by atoms with Gasteiger partial charge in [0.15, 0.2) is 0 Å². The van der Waals surface area contributed by atoms with Crippen LogP contribution in [0.2, 0.25) is 0 Å². The molecule has 7 heteroatoms. The zero-order valence-electron chi connectivity index (χ0n) is 18.5. The molecule has 1 unspecified atom stereocenters. The molecule has 0 heterocycles. The van der Waals surface area contributed by atoms with Gasteiger partial charge in [0.1, 0.15) is 11.6 Å². The van der Waals surface area contributed by atoms with Crippen molar-refractivity contribution in [2.45, 2.75) is 57.0 Å². The summed E-state index contributed by atoms with van der Waals surface area (Å²) in [6.45, 7) is 2.98. The molecule has 1 saturated carbocycles. The summed E-state index contributed by atoms with van der Waals surface area (Å²) >= 11 is 0. The van der Waals surface area contributed by atoms with Gasteiger partial charge in [-0.25, -0.2) is 4.79 Å². The molecule has 5 N–H and O–H groups in total. The van der Waals surface area contributed by atoms with Gasteiger partial charge >= 0.3 is 5.97 Å². The van der Waals surface area contributed by atoms with Gasteiger partial charge in [-0.15, -0.1) is 0 Å². The van der Waals surface area contributed by atoms with Crippen molar-refractivity contribution in [3.63, 3.8) is 0 Å². The van der Waals surface area contributed by atoms with Gasteiger partial charge < -0.3 is 21.5 Å². The fourth-order valence-corrected chi connectivity index (χ4v) is 4.02. The van der Waals surface area contributed by atoms with E-state index in [1.807, 2.05) is 54.6 Å². The first-order valence-corrected chi connectivity index (χ1v) is 10.9. The quantitative estimate of drug-likeness (QED) is 0.527. The summed E-state index contributed by atoms with van der Waals surface area (Å²) in [7, 11) is 0. The van der Waals surface area contributed by atoms with E-state index in [2.05, 4.69) is 10.6 Å². The zero-order valence-corrected chi connectivity index (χ0v) is 18.5. The summed E-state index contributed by atoms with van der Waals surface area (Å²) in [5, 5.41) is 14.7. The van der Waals surface area contributed by atoms with Gasteiger partial charge in [-0.3, -0.25) is 9.59 Å². The number of nitrogens with one attached hydrogen (secondary N) is 2. The van der Waals surface area contributed by atoms with Crippen LogP contribution >= 0.6 is 0 Å². The number of carbonyl (C=O) groups is 3. The molecule has 2 amide bonds. The lowest BCUT2D eigenvalue weighted by Crippen LogP contribution is -2.51. The summed E-state index contributed by atoms with van der Waals surface area (Å²) in [5.41, 5.74) is 7.40. The van der Waals surface area contributed by atoms with E-state index >= 15 is 0 Å². The van der Waals surface area contributed by atoms with Gasteiger partial charge in [-0.1, -0.05) is 42.5 Å². The Balaban J connectivity index is 1.52. The third-order valence-corrected chi connectivity index (χ3v) is 6.16. The van der Waals surface area contributed by atoms with Crippen LogP contribution in [-0.4, -0.2) is 28.4 Å². The van der Waals surface area contributed by atoms with Crippen molar-refractivity contribution in [1.29, 1.82) is 0 Å². The van der Waals surface area contributed by atoms with E-state index in [4.69, 9.17) is 5.73 Å². The van der Waals surface area contributed by atoms with E-state index < -0.39 is 17.6 Å². The molecule has 0 aliphatic heterocycles. The van der Waals surface area contributed by atoms with Gasteiger partial charge in [-0.05, 0) is 68.7 Å². The Labute approximate surface area is 188 Å². The fourth-order valence-electron chi connectivity index (χ4n) is 4.02. The molecule has 3 rings (SSSR count). The Morgan fingerprint density at radius 3 is 2.12 bits per heavy atom. The number of carbonyl (C=O) groups excluding carboxylic acids is 2. The Bertz CT molecular complexity index is 949. The van der Waals surface area contributed by atoms with Gasteiger partial charge in [0, 0.05) is 11.6 Å². The minimum absolute atomic E-state index is 0.164. The van der Waals surface area contributed by atoms with Crippen LogP contribution in [0.5, 0.6) is 0 Å². The topological polar surface area (TPSA) is 122 Å². The standard InChI is InChI=1S/C25H31N3O4/c1-25(2,24(31)32)28-22(29)19-10-8-16(9-11-19)17-12-14-20(15-13-17)27-23(30)21(26)18-6-4-3-5-7-18/h3-7,12-16,19,21H,8-11,26H2,1-2H3,(H,27,30)(H,28,29)(H,31,32)/t16-,19-,21?. The van der Waals surface area contributed by atoms with Crippen molar-refractivity contribution in [3.05, 3.63) is 65.7 Å². The van der Waals surface area contributed by atoms with Crippen molar-refractivity contribution in [2.24, 2.45) is 11.7 Å². The second-order valence-electron chi connectivity index (χ2n) is 8.97. The largest absolute Gasteiger partial charge is 0.480 e. The molecule has 0 bridgehead atoms. The maximum absolute atomic E-state index is 12.4. The van der Waals surface area contributed by atoms with Gasteiger partial charge in [0.25, 0.3) is 0 Å². The van der Waals surface area contributed by atoms with Crippen molar-refractivity contribution >= 4 is 23.5 Å². The first kappa shape index (κ1) is 23.5. The third kappa shape index (κ3) is 5.73. The third-order valence-electron chi connectivity index (χ3n) is 6.16. The van der Waals surface area contributed by atoms with Crippen LogP contribution in [-0.2, 0) is 14.4 Å². The van der Waals surface area contributed by atoms with Crippen molar-refractivity contribution in [2.75, 3.05) is 5.32 Å². The molecule has 32 heavy (non-hydrogen) atoms. The number of nitrogens with two attached hydrogens (primary N) is 1. The van der Waals surface area contributed by atoms with E-state index in [1.165, 1.54) is 19.4 Å². The van der Waals surface area contributed by atoms with E-state index in [0.717, 1.165) is 31.2 Å².